The monoisotopic (exact) mass is 348 g/mol. The van der Waals surface area contributed by atoms with Crippen molar-refractivity contribution < 1.29 is 19.1 Å². The van der Waals surface area contributed by atoms with E-state index in [1.54, 1.807) is 20.0 Å². The van der Waals surface area contributed by atoms with Crippen molar-refractivity contribution in [1.29, 1.82) is 0 Å². The average molecular weight is 349 g/mol. The van der Waals surface area contributed by atoms with Crippen LogP contribution in [0.15, 0.2) is 21.9 Å². The lowest BCUT2D eigenvalue weighted by atomic mass is 10.3. The quantitative estimate of drug-likeness (QED) is 0.368. The van der Waals surface area contributed by atoms with Gasteiger partial charge in [0.1, 0.15) is 5.00 Å². The molecule has 0 spiro atoms. The van der Waals surface area contributed by atoms with E-state index < -0.39 is 11.9 Å². The highest BCUT2D eigenvalue weighted by molar-refractivity contribution is 9.11. The zero-order chi connectivity index (χ0) is 14.3. The molecule has 0 aliphatic rings. The summed E-state index contributed by atoms with van der Waals surface area (Å²) in [7, 11) is 0. The maximum Gasteiger partial charge on any atom is 0.347 e. The molecule has 0 aliphatic carbocycles. The molecule has 0 bridgehead atoms. The lowest BCUT2D eigenvalue weighted by Crippen LogP contribution is -2.19. The van der Waals surface area contributed by atoms with Crippen molar-refractivity contribution >= 4 is 44.2 Å². The van der Waals surface area contributed by atoms with Gasteiger partial charge in [0.2, 0.25) is 0 Å². The number of halogens is 1. The van der Waals surface area contributed by atoms with Crippen LogP contribution in [0.2, 0.25) is 0 Å². The van der Waals surface area contributed by atoms with Gasteiger partial charge in [-0.15, -0.1) is 0 Å². The first-order valence-electron chi connectivity index (χ1n) is 5.50. The fraction of sp³-hybridized carbons (Fsp3) is 0.364. The summed E-state index contributed by atoms with van der Waals surface area (Å²) in [5, 5.41) is 3.49. The lowest BCUT2D eigenvalue weighted by molar-refractivity contribution is -0.146. The van der Waals surface area contributed by atoms with Crippen LogP contribution in [0.1, 0.15) is 13.8 Å². The van der Waals surface area contributed by atoms with Gasteiger partial charge in [0.05, 0.1) is 19.4 Å². The molecule has 1 heterocycles. The Kier molecular flexibility index (Phi) is 6.51. The Morgan fingerprint density at radius 3 is 2.37 bits per heavy atom. The van der Waals surface area contributed by atoms with Gasteiger partial charge in [-0.25, -0.2) is 14.6 Å². The normalized spacial score (nSPS) is 9.63. The standard InChI is InChI=1S/C11H13BrN2O4S/c1-3-17-9(15)7(10(16)18-4-2)5-13-8-6-14-11(12)19-8/h5-6,13H,3-4H2,1-2H3. The summed E-state index contributed by atoms with van der Waals surface area (Å²) < 4.78 is 10.3. The fourth-order valence-electron chi connectivity index (χ4n) is 1.08. The summed E-state index contributed by atoms with van der Waals surface area (Å²) >= 11 is 4.54. The highest BCUT2D eigenvalue weighted by atomic mass is 79.9. The molecule has 8 heteroatoms. The van der Waals surface area contributed by atoms with Gasteiger partial charge in [-0.3, -0.25) is 0 Å². The largest absolute Gasteiger partial charge is 0.462 e. The maximum absolute atomic E-state index is 11.6. The van der Waals surface area contributed by atoms with E-state index in [0.29, 0.717) is 8.92 Å². The predicted octanol–water partition coefficient (Wildman–Crippen LogP) is 2.33. The fourth-order valence-corrected chi connectivity index (χ4v) is 2.22. The highest BCUT2D eigenvalue weighted by Crippen LogP contribution is 2.23. The number of rotatable bonds is 6. The molecule has 1 aromatic heterocycles. The number of carbonyl (C=O) groups excluding carboxylic acids is 2. The molecule has 0 radical (unpaired) electrons. The first kappa shape index (κ1) is 15.6. The second kappa shape index (κ2) is 7.90. The Morgan fingerprint density at radius 1 is 1.37 bits per heavy atom. The number of anilines is 1. The average Bonchev–Trinajstić information content (AvgIpc) is 2.76. The number of carbonyl (C=O) groups is 2. The van der Waals surface area contributed by atoms with Gasteiger partial charge >= 0.3 is 11.9 Å². The van der Waals surface area contributed by atoms with Crippen LogP contribution in [0.3, 0.4) is 0 Å². The Balaban J connectivity index is 2.82. The minimum absolute atomic E-state index is 0.182. The van der Waals surface area contributed by atoms with Gasteiger partial charge in [-0.1, -0.05) is 11.3 Å². The molecular formula is C11H13BrN2O4S. The van der Waals surface area contributed by atoms with Gasteiger partial charge in [0.15, 0.2) is 9.49 Å². The summed E-state index contributed by atoms with van der Waals surface area (Å²) in [5.74, 6) is -1.45. The SMILES string of the molecule is CCOC(=O)C(=CNc1cnc(Br)s1)C(=O)OCC. The molecule has 0 atom stereocenters. The molecule has 1 aromatic rings. The molecule has 0 aliphatic heterocycles. The number of nitrogens with zero attached hydrogens (tertiary/aromatic N) is 1. The van der Waals surface area contributed by atoms with Crippen LogP contribution in [0.4, 0.5) is 5.00 Å². The number of nitrogens with one attached hydrogen (secondary N) is 1. The van der Waals surface area contributed by atoms with E-state index in [-0.39, 0.29) is 18.8 Å². The minimum Gasteiger partial charge on any atom is -0.462 e. The Bertz CT molecular complexity index is 467. The Labute approximate surface area is 122 Å². The van der Waals surface area contributed by atoms with Gasteiger partial charge in [-0.2, -0.15) is 0 Å². The Hall–Kier alpha value is -1.41. The van der Waals surface area contributed by atoms with Crippen LogP contribution < -0.4 is 5.32 Å². The summed E-state index contributed by atoms with van der Waals surface area (Å²) in [6.45, 7) is 3.69. The first-order chi connectivity index (χ1) is 9.08. The Morgan fingerprint density at radius 2 is 1.95 bits per heavy atom. The summed E-state index contributed by atoms with van der Waals surface area (Å²) in [5.41, 5.74) is -0.187. The molecule has 19 heavy (non-hydrogen) atoms. The van der Waals surface area contributed by atoms with Gasteiger partial charge in [0, 0.05) is 6.20 Å². The maximum atomic E-state index is 11.6. The minimum atomic E-state index is -0.725. The molecular weight excluding hydrogens is 336 g/mol. The molecule has 0 saturated heterocycles. The molecule has 0 saturated carbocycles. The molecule has 1 N–H and O–H groups in total. The summed E-state index contributed by atoms with van der Waals surface area (Å²) in [6, 6.07) is 0. The molecule has 6 nitrogen and oxygen atoms in total. The van der Waals surface area contributed by atoms with Crippen LogP contribution in [0, 0.1) is 0 Å². The van der Waals surface area contributed by atoms with Crippen molar-refractivity contribution in [2.45, 2.75) is 13.8 Å². The molecule has 0 amide bonds. The third-order valence-electron chi connectivity index (χ3n) is 1.83. The van der Waals surface area contributed by atoms with Crippen LogP contribution >= 0.6 is 27.3 Å². The second-order valence-electron chi connectivity index (χ2n) is 3.12. The molecule has 0 fully saturated rings. The van der Waals surface area contributed by atoms with Gasteiger partial charge in [-0.05, 0) is 29.8 Å². The van der Waals surface area contributed by atoms with Crippen molar-refractivity contribution in [2.75, 3.05) is 18.5 Å². The number of hydrogen-bond acceptors (Lipinski definition) is 7. The van der Waals surface area contributed by atoms with E-state index in [0.717, 1.165) is 0 Å². The third-order valence-corrected chi connectivity index (χ3v) is 3.23. The van der Waals surface area contributed by atoms with Crippen LogP contribution in [0.25, 0.3) is 0 Å². The van der Waals surface area contributed by atoms with Gasteiger partial charge in [0.25, 0.3) is 0 Å². The zero-order valence-corrected chi connectivity index (χ0v) is 12.8. The second-order valence-corrected chi connectivity index (χ2v) is 5.43. The predicted molar refractivity (Wildman–Crippen MR) is 74.8 cm³/mol. The number of ether oxygens (including phenoxy) is 2. The highest BCUT2D eigenvalue weighted by Gasteiger charge is 2.20. The molecule has 1 rings (SSSR count). The number of hydrogen-bond donors (Lipinski definition) is 1. The van der Waals surface area contributed by atoms with Crippen molar-refractivity contribution in [3.05, 3.63) is 21.9 Å². The molecule has 0 unspecified atom stereocenters. The molecule has 0 aromatic carbocycles. The van der Waals surface area contributed by atoms with Crippen molar-refractivity contribution in [3.8, 4) is 0 Å². The zero-order valence-electron chi connectivity index (χ0n) is 10.4. The summed E-state index contributed by atoms with van der Waals surface area (Å²) in [6.07, 6.45) is 2.83. The van der Waals surface area contributed by atoms with E-state index >= 15 is 0 Å². The molecule has 104 valence electrons. The van der Waals surface area contributed by atoms with Crippen LogP contribution in [-0.2, 0) is 19.1 Å². The third kappa shape index (κ3) is 4.99. The van der Waals surface area contributed by atoms with E-state index in [4.69, 9.17) is 9.47 Å². The van der Waals surface area contributed by atoms with E-state index in [9.17, 15) is 9.59 Å². The van der Waals surface area contributed by atoms with Crippen LogP contribution in [-0.4, -0.2) is 30.1 Å². The number of esters is 2. The van der Waals surface area contributed by atoms with Crippen LogP contribution in [0.5, 0.6) is 0 Å². The van der Waals surface area contributed by atoms with E-state index in [2.05, 4.69) is 26.2 Å². The summed E-state index contributed by atoms with van der Waals surface area (Å²) in [4.78, 5) is 27.2. The number of aromatic nitrogens is 1. The number of thiazole rings is 1. The lowest BCUT2D eigenvalue weighted by Gasteiger charge is -2.06. The van der Waals surface area contributed by atoms with Gasteiger partial charge < -0.3 is 14.8 Å². The van der Waals surface area contributed by atoms with E-state index in [1.165, 1.54) is 17.5 Å². The smallest absolute Gasteiger partial charge is 0.347 e. The van der Waals surface area contributed by atoms with Crippen molar-refractivity contribution in [1.82, 2.24) is 4.98 Å². The first-order valence-corrected chi connectivity index (χ1v) is 7.11. The topological polar surface area (TPSA) is 77.5 Å². The van der Waals surface area contributed by atoms with Crippen molar-refractivity contribution in [2.24, 2.45) is 0 Å². The van der Waals surface area contributed by atoms with E-state index in [1.807, 2.05) is 0 Å². The van der Waals surface area contributed by atoms with Crippen molar-refractivity contribution in [3.63, 3.8) is 0 Å².